The molecule has 2 aromatic carbocycles. The Balaban J connectivity index is 1.59. The van der Waals surface area contributed by atoms with Crippen LogP contribution in [0.4, 0.5) is 16.2 Å². The van der Waals surface area contributed by atoms with Gasteiger partial charge in [-0.2, -0.15) is 4.98 Å². The van der Waals surface area contributed by atoms with E-state index in [1.165, 1.54) is 17.0 Å². The van der Waals surface area contributed by atoms with Crippen molar-refractivity contribution >= 4 is 34.1 Å². The van der Waals surface area contributed by atoms with Crippen LogP contribution in [0.25, 0.3) is 28.0 Å². The maximum atomic E-state index is 14.0. The van der Waals surface area contributed by atoms with Gasteiger partial charge in [-0.15, -0.1) is 16.4 Å². The smallest absolute Gasteiger partial charge is 0.225 e. The maximum Gasteiger partial charge on any atom is 0.225 e. The van der Waals surface area contributed by atoms with Crippen molar-refractivity contribution in [3.05, 3.63) is 76.7 Å². The van der Waals surface area contributed by atoms with E-state index in [0.29, 0.717) is 40.6 Å². The first-order valence-electron chi connectivity index (χ1n) is 10.4. The number of nitrogen functional groups attached to an aromatic ring is 1. The highest BCUT2D eigenvalue weighted by atomic mass is 32.1. The third-order valence-electron chi connectivity index (χ3n) is 5.22. The topological polar surface area (TPSA) is 90.9 Å². The van der Waals surface area contributed by atoms with Crippen LogP contribution in [0.3, 0.4) is 0 Å². The van der Waals surface area contributed by atoms with Crippen molar-refractivity contribution in [3.8, 4) is 22.7 Å². The van der Waals surface area contributed by atoms with Gasteiger partial charge < -0.3 is 15.8 Å². The Morgan fingerprint density at radius 2 is 1.94 bits per heavy atom. The number of nitrogens with zero attached hydrogens (tertiary/aromatic N) is 4. The van der Waals surface area contributed by atoms with Gasteiger partial charge in [0.05, 0.1) is 23.9 Å². The third kappa shape index (κ3) is 4.22. The van der Waals surface area contributed by atoms with Gasteiger partial charge in [-0.1, -0.05) is 18.2 Å². The molecule has 0 amide bonds. The van der Waals surface area contributed by atoms with Gasteiger partial charge in [-0.25, -0.2) is 14.1 Å². The molecule has 0 bridgehead atoms. The Labute approximate surface area is 193 Å². The molecular formula is C24H21FN6OS. The fraction of sp³-hybridized carbons (Fsp3) is 0.125. The highest BCUT2D eigenvalue weighted by Crippen LogP contribution is 2.33. The molecule has 0 aliphatic heterocycles. The number of ether oxygens (including phenoxy) is 1. The van der Waals surface area contributed by atoms with Gasteiger partial charge in [-0.05, 0) is 54.3 Å². The number of nitrogens with two attached hydrogens (primary N) is 1. The van der Waals surface area contributed by atoms with Crippen molar-refractivity contribution in [2.45, 2.75) is 6.42 Å². The van der Waals surface area contributed by atoms with Crippen molar-refractivity contribution in [3.63, 3.8) is 0 Å². The summed E-state index contributed by atoms with van der Waals surface area (Å²) in [5.41, 5.74) is 8.81. The number of hydrogen-bond donors (Lipinski definition) is 2. The molecule has 9 heteroatoms. The van der Waals surface area contributed by atoms with Gasteiger partial charge in [-0.3, -0.25) is 0 Å². The third-order valence-corrected chi connectivity index (χ3v) is 6.15. The van der Waals surface area contributed by atoms with Gasteiger partial charge in [0, 0.05) is 17.0 Å². The van der Waals surface area contributed by atoms with E-state index < -0.39 is 0 Å². The Morgan fingerprint density at radius 1 is 1.09 bits per heavy atom. The Morgan fingerprint density at radius 3 is 2.67 bits per heavy atom. The minimum absolute atomic E-state index is 0.354. The Bertz CT molecular complexity index is 1400. The molecule has 0 unspecified atom stereocenters. The first-order chi connectivity index (χ1) is 16.1. The van der Waals surface area contributed by atoms with E-state index in [1.54, 1.807) is 35.3 Å². The Kier molecular flexibility index (Phi) is 5.62. The standard InChI is InChI=1S/C24H21FN6OS/c1-32-18-9-7-17(8-10-18)31-22(26)20-21(15-4-2-5-16(25)14-15)28-24(29-23(20)30-31)27-12-11-19-6-3-13-33-19/h2-10,13-14H,11-12,26H2,1H3,(H,27,29,30). The molecule has 3 heterocycles. The summed E-state index contributed by atoms with van der Waals surface area (Å²) < 4.78 is 20.9. The van der Waals surface area contributed by atoms with E-state index in [4.69, 9.17) is 10.5 Å². The van der Waals surface area contributed by atoms with Gasteiger partial charge >= 0.3 is 0 Å². The van der Waals surface area contributed by atoms with E-state index in [1.807, 2.05) is 30.3 Å². The summed E-state index contributed by atoms with van der Waals surface area (Å²) in [5, 5.41) is 10.5. The summed E-state index contributed by atoms with van der Waals surface area (Å²) in [4.78, 5) is 10.5. The molecular weight excluding hydrogens is 439 g/mol. The lowest BCUT2D eigenvalue weighted by Crippen LogP contribution is -2.08. The van der Waals surface area contributed by atoms with Crippen molar-refractivity contribution < 1.29 is 9.13 Å². The van der Waals surface area contributed by atoms with Crippen LogP contribution in [-0.4, -0.2) is 33.4 Å². The van der Waals surface area contributed by atoms with Crippen molar-refractivity contribution in [1.29, 1.82) is 0 Å². The summed E-state index contributed by atoms with van der Waals surface area (Å²) in [6.45, 7) is 0.656. The number of thiophene rings is 1. The molecule has 0 spiro atoms. The Hall–Kier alpha value is -3.98. The second-order valence-corrected chi connectivity index (χ2v) is 8.39. The molecule has 0 aliphatic rings. The van der Waals surface area contributed by atoms with Crippen LogP contribution in [0.5, 0.6) is 5.75 Å². The molecule has 0 aliphatic carbocycles. The van der Waals surface area contributed by atoms with Gasteiger partial charge in [0.25, 0.3) is 0 Å². The number of methoxy groups -OCH3 is 1. The first-order valence-corrected chi connectivity index (χ1v) is 11.2. The number of fused-ring (bicyclic) bond motifs is 1. The van der Waals surface area contributed by atoms with E-state index in [9.17, 15) is 4.39 Å². The zero-order chi connectivity index (χ0) is 22.8. The van der Waals surface area contributed by atoms with Crippen LogP contribution in [0.2, 0.25) is 0 Å². The fourth-order valence-electron chi connectivity index (χ4n) is 3.61. The van der Waals surface area contributed by atoms with Gasteiger partial charge in [0.15, 0.2) is 5.65 Å². The number of hydrogen-bond acceptors (Lipinski definition) is 7. The predicted molar refractivity (Wildman–Crippen MR) is 130 cm³/mol. The second kappa shape index (κ2) is 8.87. The van der Waals surface area contributed by atoms with Crippen LogP contribution in [0.1, 0.15) is 4.88 Å². The minimum Gasteiger partial charge on any atom is -0.497 e. The van der Waals surface area contributed by atoms with Crippen LogP contribution in [0.15, 0.2) is 66.0 Å². The predicted octanol–water partition coefficient (Wildman–Crippen LogP) is 4.93. The zero-order valence-electron chi connectivity index (χ0n) is 17.8. The van der Waals surface area contributed by atoms with Crippen LogP contribution < -0.4 is 15.8 Å². The van der Waals surface area contributed by atoms with Crippen molar-refractivity contribution in [1.82, 2.24) is 19.7 Å². The van der Waals surface area contributed by atoms with Gasteiger partial charge in [0.2, 0.25) is 5.95 Å². The normalized spacial score (nSPS) is 11.1. The highest BCUT2D eigenvalue weighted by Gasteiger charge is 2.19. The lowest BCUT2D eigenvalue weighted by molar-refractivity contribution is 0.414. The molecule has 3 aromatic heterocycles. The van der Waals surface area contributed by atoms with E-state index >= 15 is 0 Å². The second-order valence-electron chi connectivity index (χ2n) is 7.36. The number of halogens is 1. The number of aromatic nitrogens is 4. The van der Waals surface area contributed by atoms with E-state index in [-0.39, 0.29) is 5.82 Å². The quantitative estimate of drug-likeness (QED) is 0.358. The molecule has 166 valence electrons. The van der Waals surface area contributed by atoms with Crippen LogP contribution in [0, 0.1) is 5.82 Å². The minimum atomic E-state index is -0.354. The average molecular weight is 461 g/mol. The number of nitrogens with one attached hydrogen (secondary N) is 1. The lowest BCUT2D eigenvalue weighted by atomic mass is 10.1. The lowest BCUT2D eigenvalue weighted by Gasteiger charge is -2.08. The summed E-state index contributed by atoms with van der Waals surface area (Å²) in [6.07, 6.45) is 0.844. The molecule has 7 nitrogen and oxygen atoms in total. The van der Waals surface area contributed by atoms with Crippen molar-refractivity contribution in [2.24, 2.45) is 0 Å². The number of anilines is 2. The average Bonchev–Trinajstić information content (AvgIpc) is 3.47. The summed E-state index contributed by atoms with van der Waals surface area (Å²) in [7, 11) is 1.61. The molecule has 5 aromatic rings. The molecule has 0 saturated carbocycles. The van der Waals surface area contributed by atoms with Crippen LogP contribution >= 0.6 is 11.3 Å². The summed E-state index contributed by atoms with van der Waals surface area (Å²) in [6, 6.07) is 17.8. The summed E-state index contributed by atoms with van der Waals surface area (Å²) in [5.74, 6) is 1.16. The largest absolute Gasteiger partial charge is 0.497 e. The molecule has 0 saturated heterocycles. The number of rotatable bonds is 7. The molecule has 33 heavy (non-hydrogen) atoms. The molecule has 3 N–H and O–H groups in total. The zero-order valence-corrected chi connectivity index (χ0v) is 18.6. The highest BCUT2D eigenvalue weighted by molar-refractivity contribution is 7.09. The monoisotopic (exact) mass is 460 g/mol. The molecule has 0 radical (unpaired) electrons. The van der Waals surface area contributed by atoms with Crippen LogP contribution in [-0.2, 0) is 6.42 Å². The summed E-state index contributed by atoms with van der Waals surface area (Å²) >= 11 is 1.70. The van der Waals surface area contributed by atoms with Gasteiger partial charge in [0.1, 0.15) is 17.4 Å². The molecule has 5 rings (SSSR count). The molecule has 0 atom stereocenters. The van der Waals surface area contributed by atoms with E-state index in [0.717, 1.165) is 17.9 Å². The molecule has 0 fully saturated rings. The first kappa shape index (κ1) is 20.9. The fourth-order valence-corrected chi connectivity index (χ4v) is 4.32. The maximum absolute atomic E-state index is 14.0. The SMILES string of the molecule is COc1ccc(-n2nc3nc(NCCc4cccs4)nc(-c4cccc(F)c4)c3c2N)cc1. The van der Waals surface area contributed by atoms with E-state index in [2.05, 4.69) is 31.8 Å². The van der Waals surface area contributed by atoms with Crippen molar-refractivity contribution in [2.75, 3.05) is 24.7 Å². The number of benzene rings is 2.